The van der Waals surface area contributed by atoms with Crippen LogP contribution in [0.25, 0.3) is 0 Å². The normalized spacial score (nSPS) is 32.9. The second-order valence-electron chi connectivity index (χ2n) is 2.46. The molecule has 4 nitrogen and oxygen atoms in total. The Hall–Kier alpha value is -0.580. The van der Waals surface area contributed by atoms with E-state index in [0.29, 0.717) is 6.54 Å². The molecule has 2 atom stereocenters. The van der Waals surface area contributed by atoms with Gasteiger partial charge in [-0.2, -0.15) is 0 Å². The van der Waals surface area contributed by atoms with Crippen LogP contribution >= 0.6 is 0 Å². The van der Waals surface area contributed by atoms with Crippen molar-refractivity contribution in [1.29, 1.82) is 0 Å². The minimum atomic E-state index is -0.0822. The molecular weight excluding hydrogens is 128 g/mol. The molecule has 0 aromatic heterocycles. The standard InChI is InChI=1S/C6H14N4/c1-4-9-3-5(2-7)6(8)10-4/h3-4,6,9-10H,2,7-8H2,1H3. The van der Waals surface area contributed by atoms with Crippen molar-refractivity contribution >= 4 is 0 Å². The summed E-state index contributed by atoms with van der Waals surface area (Å²) in [4.78, 5) is 0. The molecule has 0 radical (unpaired) electrons. The fraction of sp³-hybridized carbons (Fsp3) is 0.667. The van der Waals surface area contributed by atoms with Gasteiger partial charge in [-0.3, -0.25) is 5.32 Å². The molecule has 0 spiro atoms. The summed E-state index contributed by atoms with van der Waals surface area (Å²) in [5, 5.41) is 6.18. The molecule has 0 saturated carbocycles. The summed E-state index contributed by atoms with van der Waals surface area (Å²) >= 11 is 0. The van der Waals surface area contributed by atoms with E-state index in [-0.39, 0.29) is 12.3 Å². The Morgan fingerprint density at radius 2 is 2.40 bits per heavy atom. The van der Waals surface area contributed by atoms with E-state index in [4.69, 9.17) is 11.5 Å². The van der Waals surface area contributed by atoms with Crippen molar-refractivity contribution in [2.24, 2.45) is 11.5 Å². The molecule has 2 unspecified atom stereocenters. The average Bonchev–Trinajstić information content (AvgIpc) is 1.88. The topological polar surface area (TPSA) is 76.1 Å². The number of nitrogens with one attached hydrogen (secondary N) is 2. The van der Waals surface area contributed by atoms with E-state index in [2.05, 4.69) is 10.6 Å². The van der Waals surface area contributed by atoms with Gasteiger partial charge in [0.15, 0.2) is 0 Å². The van der Waals surface area contributed by atoms with E-state index in [1.165, 1.54) is 0 Å². The summed E-state index contributed by atoms with van der Waals surface area (Å²) in [5.74, 6) is 0. The molecule has 0 bridgehead atoms. The van der Waals surface area contributed by atoms with Crippen LogP contribution in [0.3, 0.4) is 0 Å². The Morgan fingerprint density at radius 3 is 2.90 bits per heavy atom. The second-order valence-corrected chi connectivity index (χ2v) is 2.46. The Morgan fingerprint density at radius 1 is 1.70 bits per heavy atom. The van der Waals surface area contributed by atoms with Gasteiger partial charge in [0.1, 0.15) is 0 Å². The molecule has 10 heavy (non-hydrogen) atoms. The predicted octanol–water partition coefficient (Wildman–Crippen LogP) is -1.35. The predicted molar refractivity (Wildman–Crippen MR) is 40.8 cm³/mol. The summed E-state index contributed by atoms with van der Waals surface area (Å²) in [7, 11) is 0. The molecule has 0 aromatic rings. The summed E-state index contributed by atoms with van der Waals surface area (Å²) in [5.41, 5.74) is 12.1. The average molecular weight is 142 g/mol. The van der Waals surface area contributed by atoms with E-state index in [1.54, 1.807) is 0 Å². The lowest BCUT2D eigenvalue weighted by Gasteiger charge is -2.27. The van der Waals surface area contributed by atoms with E-state index < -0.39 is 0 Å². The van der Waals surface area contributed by atoms with Crippen LogP contribution in [-0.4, -0.2) is 18.9 Å². The van der Waals surface area contributed by atoms with E-state index in [1.807, 2.05) is 13.1 Å². The quantitative estimate of drug-likeness (QED) is 0.365. The zero-order chi connectivity index (χ0) is 7.56. The second kappa shape index (κ2) is 3.01. The van der Waals surface area contributed by atoms with Gasteiger partial charge in [0.25, 0.3) is 0 Å². The van der Waals surface area contributed by atoms with Gasteiger partial charge in [-0.05, 0) is 12.5 Å². The van der Waals surface area contributed by atoms with Crippen LogP contribution < -0.4 is 22.1 Å². The lowest BCUT2D eigenvalue weighted by molar-refractivity contribution is 0.426. The van der Waals surface area contributed by atoms with Crippen LogP contribution in [0.15, 0.2) is 11.8 Å². The zero-order valence-corrected chi connectivity index (χ0v) is 6.09. The fourth-order valence-corrected chi connectivity index (χ4v) is 0.932. The first kappa shape index (κ1) is 7.53. The number of rotatable bonds is 1. The summed E-state index contributed by atoms with van der Waals surface area (Å²) in [6.07, 6.45) is 2.04. The van der Waals surface area contributed by atoms with Gasteiger partial charge in [0, 0.05) is 12.7 Å². The Bertz CT molecular complexity index is 143. The highest BCUT2D eigenvalue weighted by molar-refractivity contribution is 5.12. The van der Waals surface area contributed by atoms with Crippen LogP contribution in [-0.2, 0) is 0 Å². The summed E-state index contributed by atoms with van der Waals surface area (Å²) in [6.45, 7) is 2.51. The van der Waals surface area contributed by atoms with Crippen molar-refractivity contribution in [1.82, 2.24) is 10.6 Å². The first-order valence-electron chi connectivity index (χ1n) is 3.40. The van der Waals surface area contributed by atoms with Gasteiger partial charge in [0.05, 0.1) is 12.3 Å². The molecule has 58 valence electrons. The number of nitrogens with two attached hydrogens (primary N) is 2. The molecule has 1 aliphatic rings. The molecule has 0 aliphatic carbocycles. The van der Waals surface area contributed by atoms with Crippen molar-refractivity contribution in [3.05, 3.63) is 11.8 Å². The molecule has 1 aliphatic heterocycles. The minimum Gasteiger partial charge on any atom is -0.376 e. The van der Waals surface area contributed by atoms with Crippen LogP contribution in [0, 0.1) is 0 Å². The van der Waals surface area contributed by atoms with Gasteiger partial charge in [0.2, 0.25) is 0 Å². The molecule has 1 heterocycles. The highest BCUT2D eigenvalue weighted by atomic mass is 15.2. The Balaban J connectivity index is 2.57. The van der Waals surface area contributed by atoms with Crippen molar-refractivity contribution in [2.75, 3.05) is 6.54 Å². The molecule has 0 aromatic carbocycles. The molecule has 4 heteroatoms. The fourth-order valence-electron chi connectivity index (χ4n) is 0.932. The van der Waals surface area contributed by atoms with Gasteiger partial charge in [-0.1, -0.05) is 0 Å². The van der Waals surface area contributed by atoms with Crippen molar-refractivity contribution < 1.29 is 0 Å². The monoisotopic (exact) mass is 142 g/mol. The van der Waals surface area contributed by atoms with Gasteiger partial charge < -0.3 is 16.8 Å². The highest BCUT2D eigenvalue weighted by Gasteiger charge is 2.14. The van der Waals surface area contributed by atoms with E-state index in [0.717, 1.165) is 5.57 Å². The molecule has 0 fully saturated rings. The minimum absolute atomic E-state index is 0.0822. The molecular formula is C6H14N4. The van der Waals surface area contributed by atoms with Gasteiger partial charge in [-0.15, -0.1) is 0 Å². The maximum absolute atomic E-state index is 5.68. The first-order valence-corrected chi connectivity index (χ1v) is 3.40. The van der Waals surface area contributed by atoms with Crippen LogP contribution in [0.2, 0.25) is 0 Å². The molecule has 1 rings (SSSR count). The Labute approximate surface area is 60.6 Å². The third-order valence-electron chi connectivity index (χ3n) is 1.58. The molecule has 6 N–H and O–H groups in total. The smallest absolute Gasteiger partial charge is 0.0814 e. The number of hydrogen-bond acceptors (Lipinski definition) is 4. The van der Waals surface area contributed by atoms with Crippen LogP contribution in [0.5, 0.6) is 0 Å². The van der Waals surface area contributed by atoms with E-state index in [9.17, 15) is 0 Å². The number of hydrogen-bond donors (Lipinski definition) is 4. The Kier molecular flexibility index (Phi) is 2.26. The SMILES string of the molecule is CC1NC=C(CN)C(N)N1. The van der Waals surface area contributed by atoms with Crippen LogP contribution in [0.1, 0.15) is 6.92 Å². The van der Waals surface area contributed by atoms with Crippen molar-refractivity contribution in [2.45, 2.75) is 19.3 Å². The lowest BCUT2D eigenvalue weighted by atomic mass is 10.2. The highest BCUT2D eigenvalue weighted by Crippen LogP contribution is 1.98. The maximum Gasteiger partial charge on any atom is 0.0814 e. The van der Waals surface area contributed by atoms with Gasteiger partial charge in [-0.25, -0.2) is 0 Å². The molecule has 0 saturated heterocycles. The van der Waals surface area contributed by atoms with Crippen molar-refractivity contribution in [3.8, 4) is 0 Å². The van der Waals surface area contributed by atoms with Crippen LogP contribution in [0.4, 0.5) is 0 Å². The lowest BCUT2D eigenvalue weighted by Crippen LogP contribution is -2.54. The zero-order valence-electron chi connectivity index (χ0n) is 6.09. The van der Waals surface area contributed by atoms with E-state index >= 15 is 0 Å². The first-order chi connectivity index (χ1) is 4.74. The summed E-state index contributed by atoms with van der Waals surface area (Å²) < 4.78 is 0. The third kappa shape index (κ3) is 1.47. The largest absolute Gasteiger partial charge is 0.376 e. The third-order valence-corrected chi connectivity index (χ3v) is 1.58. The van der Waals surface area contributed by atoms with Gasteiger partial charge >= 0.3 is 0 Å². The van der Waals surface area contributed by atoms with Crippen molar-refractivity contribution in [3.63, 3.8) is 0 Å². The molecule has 0 amide bonds. The maximum atomic E-state index is 5.68. The summed E-state index contributed by atoms with van der Waals surface area (Å²) in [6, 6.07) is 0.